The first-order chi connectivity index (χ1) is 10.0. The first kappa shape index (κ1) is 16.1. The van der Waals surface area contributed by atoms with E-state index in [-0.39, 0.29) is 5.75 Å². The van der Waals surface area contributed by atoms with Crippen LogP contribution in [-0.2, 0) is 6.54 Å². The van der Waals surface area contributed by atoms with Crippen LogP contribution in [0.4, 0.5) is 0 Å². The number of benzene rings is 1. The third-order valence-corrected chi connectivity index (χ3v) is 4.36. The van der Waals surface area contributed by atoms with Gasteiger partial charge in [-0.15, -0.1) is 0 Å². The van der Waals surface area contributed by atoms with E-state index in [0.717, 1.165) is 37.2 Å². The lowest BCUT2D eigenvalue weighted by Crippen LogP contribution is -2.43. The number of phenolic OH excluding ortho intramolecular Hbond substituents is 1. The van der Waals surface area contributed by atoms with Crippen molar-refractivity contribution in [3.8, 4) is 11.5 Å². The molecule has 21 heavy (non-hydrogen) atoms. The Morgan fingerprint density at radius 3 is 2.71 bits per heavy atom. The zero-order chi connectivity index (χ0) is 15.3. The summed E-state index contributed by atoms with van der Waals surface area (Å²) in [6.07, 6.45) is 3.88. The van der Waals surface area contributed by atoms with Crippen LogP contribution in [0.25, 0.3) is 0 Å². The Morgan fingerprint density at radius 1 is 1.33 bits per heavy atom. The molecular formula is C17H27NO3. The van der Waals surface area contributed by atoms with Crippen molar-refractivity contribution in [2.75, 3.05) is 13.2 Å². The predicted octanol–water partition coefficient (Wildman–Crippen LogP) is 2.82. The van der Waals surface area contributed by atoms with Gasteiger partial charge in [0.15, 0.2) is 11.5 Å². The third-order valence-electron chi connectivity index (χ3n) is 4.36. The lowest BCUT2D eigenvalue weighted by molar-refractivity contribution is -0.00633. The quantitative estimate of drug-likeness (QED) is 0.755. The van der Waals surface area contributed by atoms with Crippen molar-refractivity contribution >= 4 is 0 Å². The van der Waals surface area contributed by atoms with Gasteiger partial charge in [0.1, 0.15) is 0 Å². The molecule has 0 bridgehead atoms. The molecule has 0 aromatic heterocycles. The van der Waals surface area contributed by atoms with Gasteiger partial charge in [-0.25, -0.2) is 0 Å². The molecule has 1 aromatic carbocycles. The van der Waals surface area contributed by atoms with E-state index in [1.807, 2.05) is 19.1 Å². The van der Waals surface area contributed by atoms with Gasteiger partial charge in [-0.2, -0.15) is 0 Å². The second-order valence-electron chi connectivity index (χ2n) is 6.21. The SMILES string of the molecule is CCOc1cccc(CNCC2(O)CCC(C)CC2)c1O. The topological polar surface area (TPSA) is 61.7 Å². The monoisotopic (exact) mass is 293 g/mol. The number of phenols is 1. The summed E-state index contributed by atoms with van der Waals surface area (Å²) in [4.78, 5) is 0. The summed E-state index contributed by atoms with van der Waals surface area (Å²) < 4.78 is 5.38. The number of aliphatic hydroxyl groups is 1. The fourth-order valence-electron chi connectivity index (χ4n) is 2.89. The Bertz CT molecular complexity index is 453. The molecule has 3 N–H and O–H groups in total. The van der Waals surface area contributed by atoms with Crippen LogP contribution in [0.15, 0.2) is 18.2 Å². The van der Waals surface area contributed by atoms with Crippen LogP contribution in [0.3, 0.4) is 0 Å². The maximum absolute atomic E-state index is 10.5. The molecule has 0 unspecified atom stereocenters. The number of para-hydroxylation sites is 1. The van der Waals surface area contributed by atoms with Gasteiger partial charge in [0, 0.05) is 18.7 Å². The first-order valence-corrected chi connectivity index (χ1v) is 7.91. The molecule has 4 heteroatoms. The molecule has 0 radical (unpaired) electrons. The van der Waals surface area contributed by atoms with Crippen molar-refractivity contribution < 1.29 is 14.9 Å². The zero-order valence-electron chi connectivity index (χ0n) is 13.1. The minimum atomic E-state index is -0.598. The molecule has 0 saturated heterocycles. The highest BCUT2D eigenvalue weighted by Crippen LogP contribution is 2.32. The minimum Gasteiger partial charge on any atom is -0.504 e. The average molecular weight is 293 g/mol. The Morgan fingerprint density at radius 2 is 2.05 bits per heavy atom. The van der Waals surface area contributed by atoms with E-state index in [1.165, 1.54) is 0 Å². The van der Waals surface area contributed by atoms with E-state index in [0.29, 0.717) is 25.4 Å². The number of nitrogens with one attached hydrogen (secondary N) is 1. The predicted molar refractivity (Wildman–Crippen MR) is 83.6 cm³/mol. The summed E-state index contributed by atoms with van der Waals surface area (Å²) in [7, 11) is 0. The molecule has 1 fully saturated rings. The second kappa shape index (κ2) is 7.14. The summed E-state index contributed by atoms with van der Waals surface area (Å²) in [5.41, 5.74) is 0.202. The molecule has 1 aromatic rings. The minimum absolute atomic E-state index is 0.191. The fraction of sp³-hybridized carbons (Fsp3) is 0.647. The molecule has 118 valence electrons. The van der Waals surface area contributed by atoms with E-state index in [9.17, 15) is 10.2 Å². The third kappa shape index (κ3) is 4.35. The van der Waals surface area contributed by atoms with Crippen LogP contribution in [-0.4, -0.2) is 29.0 Å². The van der Waals surface area contributed by atoms with Crippen molar-refractivity contribution in [3.05, 3.63) is 23.8 Å². The standard InChI is InChI=1S/C17H27NO3/c1-3-21-15-6-4-5-14(16(15)19)11-18-12-17(20)9-7-13(2)8-10-17/h4-6,13,18-20H,3,7-12H2,1-2H3. The number of aromatic hydroxyl groups is 1. The second-order valence-corrected chi connectivity index (χ2v) is 6.21. The summed E-state index contributed by atoms with van der Waals surface area (Å²) in [5, 5.41) is 23.9. The van der Waals surface area contributed by atoms with Gasteiger partial charge in [-0.1, -0.05) is 19.1 Å². The van der Waals surface area contributed by atoms with E-state index in [1.54, 1.807) is 6.07 Å². The summed E-state index contributed by atoms with van der Waals surface area (Å²) in [5.74, 6) is 1.43. The highest BCUT2D eigenvalue weighted by atomic mass is 16.5. The van der Waals surface area contributed by atoms with Gasteiger partial charge in [0.25, 0.3) is 0 Å². The zero-order valence-corrected chi connectivity index (χ0v) is 13.1. The van der Waals surface area contributed by atoms with E-state index < -0.39 is 5.60 Å². The van der Waals surface area contributed by atoms with Gasteiger partial charge in [-0.05, 0) is 44.6 Å². The Balaban J connectivity index is 1.87. The van der Waals surface area contributed by atoms with Gasteiger partial charge < -0.3 is 20.3 Å². The van der Waals surface area contributed by atoms with Crippen molar-refractivity contribution in [2.45, 2.75) is 51.7 Å². The Kier molecular flexibility index (Phi) is 5.48. The van der Waals surface area contributed by atoms with Crippen molar-refractivity contribution in [3.63, 3.8) is 0 Å². The molecule has 1 aliphatic rings. The molecule has 4 nitrogen and oxygen atoms in total. The largest absolute Gasteiger partial charge is 0.504 e. The molecule has 0 aliphatic heterocycles. The van der Waals surface area contributed by atoms with Crippen LogP contribution < -0.4 is 10.1 Å². The molecule has 1 aliphatic carbocycles. The maximum Gasteiger partial charge on any atom is 0.162 e. The van der Waals surface area contributed by atoms with Gasteiger partial charge in [0.2, 0.25) is 0 Å². The van der Waals surface area contributed by atoms with Crippen LogP contribution >= 0.6 is 0 Å². The van der Waals surface area contributed by atoms with Crippen molar-refractivity contribution in [1.82, 2.24) is 5.32 Å². The lowest BCUT2D eigenvalue weighted by Gasteiger charge is -2.35. The average Bonchev–Trinajstić information content (AvgIpc) is 2.47. The van der Waals surface area contributed by atoms with Crippen LogP contribution in [0.1, 0.15) is 45.1 Å². The van der Waals surface area contributed by atoms with E-state index >= 15 is 0 Å². The number of ether oxygens (including phenoxy) is 1. The number of hydrogen-bond acceptors (Lipinski definition) is 4. The highest BCUT2D eigenvalue weighted by Gasteiger charge is 2.31. The normalized spacial score (nSPS) is 25.8. The smallest absolute Gasteiger partial charge is 0.162 e. The van der Waals surface area contributed by atoms with Crippen molar-refractivity contribution in [1.29, 1.82) is 0 Å². The number of rotatable bonds is 6. The molecule has 1 saturated carbocycles. The maximum atomic E-state index is 10.5. The first-order valence-electron chi connectivity index (χ1n) is 7.91. The highest BCUT2D eigenvalue weighted by molar-refractivity contribution is 5.45. The van der Waals surface area contributed by atoms with Gasteiger partial charge in [-0.3, -0.25) is 0 Å². The lowest BCUT2D eigenvalue weighted by atomic mass is 9.79. The Labute approximate surface area is 127 Å². The Hall–Kier alpha value is -1.26. The molecule has 0 heterocycles. The summed E-state index contributed by atoms with van der Waals surface area (Å²) >= 11 is 0. The van der Waals surface area contributed by atoms with Gasteiger partial charge in [0.05, 0.1) is 12.2 Å². The van der Waals surface area contributed by atoms with Crippen LogP contribution in [0, 0.1) is 5.92 Å². The molecule has 0 atom stereocenters. The fourth-order valence-corrected chi connectivity index (χ4v) is 2.89. The van der Waals surface area contributed by atoms with Crippen LogP contribution in [0.2, 0.25) is 0 Å². The van der Waals surface area contributed by atoms with Gasteiger partial charge >= 0.3 is 0 Å². The number of hydrogen-bond donors (Lipinski definition) is 3. The van der Waals surface area contributed by atoms with E-state index in [2.05, 4.69) is 12.2 Å². The molecular weight excluding hydrogens is 266 g/mol. The van der Waals surface area contributed by atoms with E-state index in [4.69, 9.17) is 4.74 Å². The van der Waals surface area contributed by atoms with Crippen LogP contribution in [0.5, 0.6) is 11.5 Å². The molecule has 0 spiro atoms. The molecule has 2 rings (SSSR count). The van der Waals surface area contributed by atoms with Crippen molar-refractivity contribution in [2.24, 2.45) is 5.92 Å². The summed E-state index contributed by atoms with van der Waals surface area (Å²) in [6, 6.07) is 5.51. The molecule has 0 amide bonds. The summed E-state index contributed by atoms with van der Waals surface area (Å²) in [6.45, 7) is 5.76.